The molecule has 2 aromatic rings. The quantitative estimate of drug-likeness (QED) is 0.873. The Balaban J connectivity index is 1.98. The van der Waals surface area contributed by atoms with Gasteiger partial charge in [0.15, 0.2) is 0 Å². The van der Waals surface area contributed by atoms with E-state index in [1.165, 1.54) is 11.1 Å². The van der Waals surface area contributed by atoms with Crippen LogP contribution in [0.4, 0.5) is 0 Å². The molecule has 1 aromatic carbocycles. The van der Waals surface area contributed by atoms with E-state index in [1.807, 2.05) is 6.20 Å². The monoisotopic (exact) mass is 227 g/mol. The molecule has 1 aromatic heterocycles. The molecule has 1 aliphatic rings. The van der Waals surface area contributed by atoms with Crippen LogP contribution in [0.3, 0.4) is 0 Å². The predicted octanol–water partition coefficient (Wildman–Crippen LogP) is 2.49. The highest BCUT2D eigenvalue weighted by Gasteiger charge is 2.25. The van der Waals surface area contributed by atoms with Crippen LogP contribution in [0.5, 0.6) is 0 Å². The van der Waals surface area contributed by atoms with Crippen molar-refractivity contribution in [2.75, 3.05) is 0 Å². The molecule has 1 unspecified atom stereocenters. The molecule has 0 saturated heterocycles. The number of rotatable bonds is 3. The molecule has 1 N–H and O–H groups in total. The molecule has 0 bridgehead atoms. The zero-order chi connectivity index (χ0) is 11.7. The van der Waals surface area contributed by atoms with E-state index in [0.29, 0.717) is 0 Å². The normalized spacial score (nSPS) is 18.3. The number of hydrogen-bond donors (Lipinski definition) is 1. The van der Waals surface area contributed by atoms with Crippen LogP contribution in [-0.4, -0.2) is 9.55 Å². The van der Waals surface area contributed by atoms with Gasteiger partial charge in [0, 0.05) is 25.5 Å². The van der Waals surface area contributed by atoms with Gasteiger partial charge in [0.1, 0.15) is 5.82 Å². The van der Waals surface area contributed by atoms with Crippen molar-refractivity contribution in [3.8, 4) is 0 Å². The third-order valence-corrected chi connectivity index (χ3v) is 3.33. The first-order valence-corrected chi connectivity index (χ1v) is 6.22. The number of aryl methyl sites for hydroxylation is 1. The number of fused-ring (bicyclic) bond motifs is 1. The van der Waals surface area contributed by atoms with Crippen molar-refractivity contribution in [1.82, 2.24) is 14.9 Å². The Kier molecular flexibility index (Phi) is 2.69. The van der Waals surface area contributed by atoms with E-state index < -0.39 is 0 Å². The molecule has 0 radical (unpaired) electrons. The smallest absolute Gasteiger partial charge is 0.130 e. The molecule has 1 atom stereocenters. The highest BCUT2D eigenvalue weighted by atomic mass is 15.1. The second-order valence-corrected chi connectivity index (χ2v) is 4.49. The minimum absolute atomic E-state index is 0.257. The van der Waals surface area contributed by atoms with Crippen LogP contribution in [0.1, 0.15) is 36.3 Å². The van der Waals surface area contributed by atoms with Gasteiger partial charge in [0.05, 0.1) is 6.04 Å². The molecule has 1 aliphatic heterocycles. The molecule has 17 heavy (non-hydrogen) atoms. The summed E-state index contributed by atoms with van der Waals surface area (Å²) in [6, 6.07) is 8.85. The third-order valence-electron chi connectivity index (χ3n) is 3.33. The molecule has 0 saturated carbocycles. The molecule has 0 fully saturated rings. The lowest BCUT2D eigenvalue weighted by atomic mass is 10.0. The fraction of sp³-hybridized carbons (Fsp3) is 0.357. The lowest BCUT2D eigenvalue weighted by Gasteiger charge is -2.14. The topological polar surface area (TPSA) is 29.9 Å². The van der Waals surface area contributed by atoms with Gasteiger partial charge < -0.3 is 4.57 Å². The molecule has 3 nitrogen and oxygen atoms in total. The molecule has 0 spiro atoms. The van der Waals surface area contributed by atoms with Crippen LogP contribution < -0.4 is 5.32 Å². The van der Waals surface area contributed by atoms with Crippen molar-refractivity contribution in [2.24, 2.45) is 0 Å². The van der Waals surface area contributed by atoms with Crippen LogP contribution in [0.15, 0.2) is 36.7 Å². The Morgan fingerprint density at radius 2 is 2.29 bits per heavy atom. The second kappa shape index (κ2) is 4.34. The fourth-order valence-corrected chi connectivity index (χ4v) is 2.54. The van der Waals surface area contributed by atoms with E-state index in [1.54, 1.807) is 0 Å². The van der Waals surface area contributed by atoms with E-state index in [4.69, 9.17) is 0 Å². The van der Waals surface area contributed by atoms with Crippen molar-refractivity contribution in [3.63, 3.8) is 0 Å². The van der Waals surface area contributed by atoms with Gasteiger partial charge in [0.2, 0.25) is 0 Å². The highest BCUT2D eigenvalue weighted by Crippen LogP contribution is 2.29. The van der Waals surface area contributed by atoms with Crippen LogP contribution in [0, 0.1) is 0 Å². The Morgan fingerprint density at radius 3 is 3.18 bits per heavy atom. The van der Waals surface area contributed by atoms with Crippen molar-refractivity contribution >= 4 is 0 Å². The number of hydrogen-bond acceptors (Lipinski definition) is 2. The molecule has 3 heteroatoms. The predicted molar refractivity (Wildman–Crippen MR) is 67.6 cm³/mol. The van der Waals surface area contributed by atoms with E-state index in [-0.39, 0.29) is 6.04 Å². The van der Waals surface area contributed by atoms with E-state index in [9.17, 15) is 0 Å². The molecule has 2 heterocycles. The highest BCUT2D eigenvalue weighted by molar-refractivity contribution is 5.37. The maximum absolute atomic E-state index is 4.52. The summed E-state index contributed by atoms with van der Waals surface area (Å²) in [5, 5.41) is 3.54. The lowest BCUT2D eigenvalue weighted by molar-refractivity contribution is 0.563. The van der Waals surface area contributed by atoms with Crippen LogP contribution in [0.25, 0.3) is 0 Å². The van der Waals surface area contributed by atoms with E-state index >= 15 is 0 Å². The average Bonchev–Trinajstić information content (AvgIpc) is 2.95. The van der Waals surface area contributed by atoms with Crippen LogP contribution >= 0.6 is 0 Å². The van der Waals surface area contributed by atoms with Gasteiger partial charge in [-0.1, -0.05) is 31.2 Å². The molecular formula is C14H17N3. The number of aromatic nitrogens is 2. The summed E-state index contributed by atoms with van der Waals surface area (Å²) in [7, 11) is 0. The summed E-state index contributed by atoms with van der Waals surface area (Å²) in [6.45, 7) is 4.18. The van der Waals surface area contributed by atoms with Gasteiger partial charge in [-0.15, -0.1) is 0 Å². The minimum Gasteiger partial charge on any atom is -0.333 e. The first-order valence-electron chi connectivity index (χ1n) is 6.22. The summed E-state index contributed by atoms with van der Waals surface area (Å²) < 4.78 is 2.25. The first kappa shape index (κ1) is 10.5. The van der Waals surface area contributed by atoms with Crippen molar-refractivity contribution in [2.45, 2.75) is 32.5 Å². The fourth-order valence-electron chi connectivity index (χ4n) is 2.54. The van der Waals surface area contributed by atoms with Crippen molar-refractivity contribution < 1.29 is 0 Å². The number of nitrogens with zero attached hydrogens (tertiary/aromatic N) is 2. The van der Waals surface area contributed by atoms with Crippen molar-refractivity contribution in [3.05, 3.63) is 53.6 Å². The first-order chi connectivity index (χ1) is 8.40. The van der Waals surface area contributed by atoms with Crippen molar-refractivity contribution in [1.29, 1.82) is 0 Å². The summed E-state index contributed by atoms with van der Waals surface area (Å²) in [5.74, 6) is 1.14. The lowest BCUT2D eigenvalue weighted by Crippen LogP contribution is -2.18. The van der Waals surface area contributed by atoms with Gasteiger partial charge in [-0.2, -0.15) is 0 Å². The van der Waals surface area contributed by atoms with Gasteiger partial charge in [-0.05, 0) is 17.5 Å². The van der Waals surface area contributed by atoms with Gasteiger partial charge in [-0.3, -0.25) is 5.32 Å². The molecule has 0 aliphatic carbocycles. The van der Waals surface area contributed by atoms with Gasteiger partial charge in [0.25, 0.3) is 0 Å². The summed E-state index contributed by atoms with van der Waals surface area (Å²) in [5.41, 5.74) is 2.76. The van der Waals surface area contributed by atoms with E-state index in [0.717, 1.165) is 25.3 Å². The summed E-state index contributed by atoms with van der Waals surface area (Å²) in [4.78, 5) is 4.52. The molecule has 88 valence electrons. The largest absolute Gasteiger partial charge is 0.333 e. The Morgan fingerprint density at radius 1 is 1.41 bits per heavy atom. The van der Waals surface area contributed by atoms with Gasteiger partial charge in [-0.25, -0.2) is 4.98 Å². The maximum Gasteiger partial charge on any atom is 0.130 e. The minimum atomic E-state index is 0.257. The summed E-state index contributed by atoms with van der Waals surface area (Å²) >= 11 is 0. The Bertz CT molecular complexity index is 516. The SMILES string of the molecule is CCCn1ccnc1C1NCc2ccccc21. The second-order valence-electron chi connectivity index (χ2n) is 4.49. The van der Waals surface area contributed by atoms with E-state index in [2.05, 4.69) is 52.3 Å². The van der Waals surface area contributed by atoms with Gasteiger partial charge >= 0.3 is 0 Å². The Hall–Kier alpha value is -1.61. The van der Waals surface area contributed by atoms with Crippen LogP contribution in [-0.2, 0) is 13.1 Å². The zero-order valence-electron chi connectivity index (χ0n) is 10.1. The average molecular weight is 227 g/mol. The Labute approximate surface area is 101 Å². The number of nitrogens with one attached hydrogen (secondary N) is 1. The van der Waals surface area contributed by atoms with Crippen LogP contribution in [0.2, 0.25) is 0 Å². The molecule has 0 amide bonds. The maximum atomic E-state index is 4.52. The zero-order valence-corrected chi connectivity index (χ0v) is 10.1. The number of benzene rings is 1. The summed E-state index contributed by atoms with van der Waals surface area (Å²) in [6.07, 6.45) is 5.10. The molecule has 3 rings (SSSR count). The third kappa shape index (κ3) is 1.76. The number of imidazole rings is 1. The molecular weight excluding hydrogens is 210 g/mol. The standard InChI is InChI=1S/C14H17N3/c1-2-8-17-9-7-15-14(17)13-12-6-4-3-5-11(12)10-16-13/h3-7,9,13,16H,2,8,10H2,1H3.